The summed E-state index contributed by atoms with van der Waals surface area (Å²) in [5, 5.41) is 0.663. The molecule has 1 unspecified atom stereocenters. The number of likely N-dealkylation sites (tertiary alicyclic amines) is 1. The van der Waals surface area contributed by atoms with Crippen molar-refractivity contribution in [2.45, 2.75) is 38.7 Å². The molecule has 0 aliphatic carbocycles. The van der Waals surface area contributed by atoms with Gasteiger partial charge in [0.15, 0.2) is 0 Å². The number of hydrogen-bond acceptors (Lipinski definition) is 4. The van der Waals surface area contributed by atoms with E-state index in [2.05, 4.69) is 25.5 Å². The molecule has 23 heavy (non-hydrogen) atoms. The summed E-state index contributed by atoms with van der Waals surface area (Å²) >= 11 is 6.10. The molecule has 0 aromatic heterocycles. The second kappa shape index (κ2) is 6.79. The summed E-state index contributed by atoms with van der Waals surface area (Å²) in [6.07, 6.45) is 0.528. The quantitative estimate of drug-likeness (QED) is 0.614. The zero-order chi connectivity index (χ0) is 17.2. The molecule has 1 amide bonds. The van der Waals surface area contributed by atoms with Crippen LogP contribution in [0.1, 0.15) is 32.8 Å². The van der Waals surface area contributed by atoms with Gasteiger partial charge in [0.05, 0.1) is 13.7 Å². The highest BCUT2D eigenvalue weighted by Gasteiger charge is 2.32. The number of methoxy groups -OCH3 is 1. The van der Waals surface area contributed by atoms with Crippen molar-refractivity contribution in [3.63, 3.8) is 0 Å². The van der Waals surface area contributed by atoms with Crippen LogP contribution in [0.5, 0.6) is 5.75 Å². The number of halogens is 1. The van der Waals surface area contributed by atoms with Crippen LogP contribution >= 0.6 is 11.6 Å². The van der Waals surface area contributed by atoms with Crippen LogP contribution in [0.15, 0.2) is 18.2 Å². The first kappa shape index (κ1) is 17.6. The van der Waals surface area contributed by atoms with Crippen LogP contribution < -0.4 is 4.74 Å². The van der Waals surface area contributed by atoms with Crippen LogP contribution in [0.2, 0.25) is 5.02 Å². The molecule has 0 radical (unpaired) electrons. The molecule has 1 aliphatic heterocycles. The van der Waals surface area contributed by atoms with Crippen molar-refractivity contribution in [2.24, 2.45) is 0 Å². The number of benzene rings is 1. The number of nitrogens with zero attached hydrogens (tertiary/aromatic N) is 1. The highest BCUT2D eigenvalue weighted by atomic mass is 35.5. The lowest BCUT2D eigenvalue weighted by atomic mass is 9.86. The minimum absolute atomic E-state index is 0.111. The van der Waals surface area contributed by atoms with E-state index in [1.807, 2.05) is 12.1 Å². The standard InChI is InChI=1S/C17H22ClNO4/c1-17(2,3)13-9-11(18)5-6-14(13)23-12-7-8-19(10-12)15(20)16(21)22-4/h5-6,9,12H,7-8,10H2,1-4H3. The minimum atomic E-state index is -0.840. The number of ether oxygens (including phenoxy) is 2. The van der Waals surface area contributed by atoms with Crippen LogP contribution in [-0.2, 0) is 19.7 Å². The van der Waals surface area contributed by atoms with Gasteiger partial charge in [-0.2, -0.15) is 0 Å². The lowest BCUT2D eigenvalue weighted by Crippen LogP contribution is -2.36. The van der Waals surface area contributed by atoms with Crippen molar-refractivity contribution >= 4 is 23.5 Å². The molecule has 0 bridgehead atoms. The third-order valence-electron chi connectivity index (χ3n) is 3.84. The van der Waals surface area contributed by atoms with Gasteiger partial charge in [0.1, 0.15) is 11.9 Å². The van der Waals surface area contributed by atoms with Crippen LogP contribution in [-0.4, -0.2) is 43.1 Å². The summed E-state index contributed by atoms with van der Waals surface area (Å²) < 4.78 is 10.5. The zero-order valence-corrected chi connectivity index (χ0v) is 14.6. The summed E-state index contributed by atoms with van der Waals surface area (Å²) in [6, 6.07) is 5.55. The minimum Gasteiger partial charge on any atom is -0.488 e. The molecule has 5 nitrogen and oxygen atoms in total. The highest BCUT2D eigenvalue weighted by molar-refractivity contribution is 6.32. The van der Waals surface area contributed by atoms with Gasteiger partial charge in [-0.05, 0) is 23.6 Å². The molecule has 1 aromatic rings. The Morgan fingerprint density at radius 1 is 1.30 bits per heavy atom. The fourth-order valence-corrected chi connectivity index (χ4v) is 2.77. The van der Waals surface area contributed by atoms with Crippen LogP contribution in [0.4, 0.5) is 0 Å². The summed E-state index contributed by atoms with van der Waals surface area (Å²) in [4.78, 5) is 24.6. The van der Waals surface area contributed by atoms with Crippen molar-refractivity contribution in [3.8, 4) is 5.75 Å². The smallest absolute Gasteiger partial charge is 0.396 e. The van der Waals surface area contributed by atoms with Gasteiger partial charge in [-0.15, -0.1) is 0 Å². The fourth-order valence-electron chi connectivity index (χ4n) is 2.60. The normalized spacial score (nSPS) is 18.0. The Morgan fingerprint density at radius 2 is 2.00 bits per heavy atom. The predicted octanol–water partition coefficient (Wildman–Crippen LogP) is 2.79. The van der Waals surface area contributed by atoms with E-state index in [-0.39, 0.29) is 11.5 Å². The molecule has 0 saturated carbocycles. The summed E-state index contributed by atoms with van der Waals surface area (Å²) in [5.41, 5.74) is 0.906. The molecule has 1 aromatic carbocycles. The van der Waals surface area contributed by atoms with E-state index < -0.39 is 11.9 Å². The SMILES string of the molecule is COC(=O)C(=O)N1CCC(Oc2ccc(Cl)cc2C(C)(C)C)C1. The Bertz CT molecular complexity index is 609. The van der Waals surface area contributed by atoms with E-state index in [0.717, 1.165) is 11.3 Å². The van der Waals surface area contributed by atoms with E-state index in [0.29, 0.717) is 24.5 Å². The maximum Gasteiger partial charge on any atom is 0.396 e. The molecule has 1 heterocycles. The van der Waals surface area contributed by atoms with Crippen molar-refractivity contribution in [2.75, 3.05) is 20.2 Å². The molecular weight excluding hydrogens is 318 g/mol. The molecule has 126 valence electrons. The molecular formula is C17H22ClNO4. The molecule has 6 heteroatoms. The maximum atomic E-state index is 11.8. The lowest BCUT2D eigenvalue weighted by molar-refractivity contribution is -0.157. The van der Waals surface area contributed by atoms with Crippen molar-refractivity contribution in [1.82, 2.24) is 4.90 Å². The van der Waals surface area contributed by atoms with Crippen molar-refractivity contribution in [1.29, 1.82) is 0 Å². The van der Waals surface area contributed by atoms with Crippen molar-refractivity contribution < 1.29 is 19.1 Å². The average molecular weight is 340 g/mol. The largest absolute Gasteiger partial charge is 0.488 e. The van der Waals surface area contributed by atoms with E-state index in [9.17, 15) is 9.59 Å². The number of carbonyl (C=O) groups excluding carboxylic acids is 2. The number of carbonyl (C=O) groups is 2. The Hall–Kier alpha value is -1.75. The number of hydrogen-bond donors (Lipinski definition) is 0. The summed E-state index contributed by atoms with van der Waals surface area (Å²) in [5.74, 6) is -0.697. The molecule has 0 N–H and O–H groups in total. The van der Waals surface area contributed by atoms with Gasteiger partial charge >= 0.3 is 11.9 Å². The van der Waals surface area contributed by atoms with Gasteiger partial charge < -0.3 is 14.4 Å². The predicted molar refractivity (Wildman–Crippen MR) is 87.8 cm³/mol. The number of esters is 1. The second-order valence-electron chi connectivity index (χ2n) is 6.66. The van der Waals surface area contributed by atoms with Crippen molar-refractivity contribution in [3.05, 3.63) is 28.8 Å². The van der Waals surface area contributed by atoms with Gasteiger partial charge in [-0.25, -0.2) is 4.79 Å². The number of amides is 1. The summed E-state index contributed by atoms with van der Waals surface area (Å²) in [6.45, 7) is 7.13. The third kappa shape index (κ3) is 4.16. The number of rotatable bonds is 2. The zero-order valence-electron chi connectivity index (χ0n) is 13.9. The molecule has 2 rings (SSSR count). The van der Waals surface area contributed by atoms with E-state index in [1.165, 1.54) is 12.0 Å². The van der Waals surface area contributed by atoms with Crippen LogP contribution in [0.25, 0.3) is 0 Å². The van der Waals surface area contributed by atoms with E-state index in [4.69, 9.17) is 16.3 Å². The molecule has 1 aliphatic rings. The van der Waals surface area contributed by atoms with Gasteiger partial charge in [0, 0.05) is 23.6 Å². The first-order chi connectivity index (χ1) is 10.7. The summed E-state index contributed by atoms with van der Waals surface area (Å²) in [7, 11) is 1.20. The first-order valence-electron chi connectivity index (χ1n) is 7.56. The first-order valence-corrected chi connectivity index (χ1v) is 7.94. The topological polar surface area (TPSA) is 55.8 Å². The Kier molecular flexibility index (Phi) is 5.19. The van der Waals surface area contributed by atoms with Gasteiger partial charge in [0.2, 0.25) is 0 Å². The maximum absolute atomic E-state index is 11.8. The second-order valence-corrected chi connectivity index (χ2v) is 7.10. The van der Waals surface area contributed by atoms with Gasteiger partial charge in [-0.3, -0.25) is 4.79 Å². The Balaban J connectivity index is 2.10. The monoisotopic (exact) mass is 339 g/mol. The Morgan fingerprint density at radius 3 is 2.61 bits per heavy atom. The fraction of sp³-hybridized carbons (Fsp3) is 0.529. The highest BCUT2D eigenvalue weighted by Crippen LogP contribution is 2.34. The molecule has 1 fully saturated rings. The lowest BCUT2D eigenvalue weighted by Gasteiger charge is -2.25. The third-order valence-corrected chi connectivity index (χ3v) is 4.07. The molecule has 0 spiro atoms. The molecule has 1 atom stereocenters. The van der Waals surface area contributed by atoms with Crippen LogP contribution in [0.3, 0.4) is 0 Å². The van der Waals surface area contributed by atoms with E-state index in [1.54, 1.807) is 6.07 Å². The van der Waals surface area contributed by atoms with E-state index >= 15 is 0 Å². The van der Waals surface area contributed by atoms with Crippen LogP contribution in [0, 0.1) is 0 Å². The van der Waals surface area contributed by atoms with Gasteiger partial charge in [0.25, 0.3) is 0 Å². The molecule has 1 saturated heterocycles. The average Bonchev–Trinajstić information content (AvgIpc) is 2.95. The Labute approximate surface area is 141 Å². The van der Waals surface area contributed by atoms with Gasteiger partial charge in [-0.1, -0.05) is 32.4 Å².